The number of hydrogen-bond donors (Lipinski definition) is 1. The summed E-state index contributed by atoms with van der Waals surface area (Å²) < 4.78 is 15.4. The molecule has 0 saturated carbocycles. The number of rotatable bonds is 1. The van der Waals surface area contributed by atoms with E-state index in [1.54, 1.807) is 0 Å². The van der Waals surface area contributed by atoms with E-state index in [0.717, 1.165) is 22.6 Å². The fourth-order valence-electron chi connectivity index (χ4n) is 3.02. The third kappa shape index (κ3) is 1.96. The topological polar surface area (TPSA) is 20.2 Å². The summed E-state index contributed by atoms with van der Waals surface area (Å²) in [5.74, 6) is -0.217. The summed E-state index contributed by atoms with van der Waals surface area (Å²) in [7, 11) is 2.04. The minimum absolute atomic E-state index is 0.0262. The van der Waals surface area contributed by atoms with Gasteiger partial charge in [-0.05, 0) is 42.0 Å². The summed E-state index contributed by atoms with van der Waals surface area (Å²) in [5, 5.41) is 5.70. The van der Waals surface area contributed by atoms with E-state index in [0.29, 0.717) is 0 Å². The Morgan fingerprint density at radius 1 is 0.955 bits per heavy atom. The molecule has 1 aromatic heterocycles. The van der Waals surface area contributed by atoms with Gasteiger partial charge >= 0.3 is 0 Å². The lowest BCUT2D eigenvalue weighted by molar-refractivity contribution is 0.626. The van der Waals surface area contributed by atoms with Gasteiger partial charge < -0.3 is 5.32 Å². The van der Waals surface area contributed by atoms with Crippen LogP contribution in [0.25, 0.3) is 0 Å². The number of anilines is 2. The molecule has 0 fully saturated rings. The van der Waals surface area contributed by atoms with Crippen LogP contribution in [0.5, 0.6) is 0 Å². The van der Waals surface area contributed by atoms with Crippen molar-refractivity contribution in [3.05, 3.63) is 83.9 Å². The molecule has 2 heterocycles. The molecule has 0 bridgehead atoms. The lowest BCUT2D eigenvalue weighted by Gasteiger charge is -2.22. The standard InChI is InChI=1S/C18H16FN3/c1-21-16-6-3-2-5-15(16)20-18(17-7-4-12-22(17)21)13-8-10-14(19)11-9-13/h2-12,18,20H,1H3. The maximum absolute atomic E-state index is 13.2. The number of halogens is 1. The van der Waals surface area contributed by atoms with Crippen LogP contribution in [0.4, 0.5) is 15.8 Å². The van der Waals surface area contributed by atoms with E-state index in [1.807, 2.05) is 43.6 Å². The van der Waals surface area contributed by atoms with E-state index in [9.17, 15) is 4.39 Å². The molecule has 0 amide bonds. The average Bonchev–Trinajstić information content (AvgIpc) is 2.99. The van der Waals surface area contributed by atoms with E-state index >= 15 is 0 Å². The van der Waals surface area contributed by atoms with Gasteiger partial charge in [0, 0.05) is 13.2 Å². The van der Waals surface area contributed by atoms with Crippen LogP contribution in [0.2, 0.25) is 0 Å². The Kier molecular flexibility index (Phi) is 2.89. The zero-order valence-electron chi connectivity index (χ0n) is 12.2. The van der Waals surface area contributed by atoms with Crippen LogP contribution in [0.3, 0.4) is 0 Å². The molecule has 3 aromatic rings. The number of nitrogens with zero attached hydrogens (tertiary/aromatic N) is 2. The molecule has 2 aromatic carbocycles. The number of benzene rings is 2. The van der Waals surface area contributed by atoms with Crippen molar-refractivity contribution in [1.82, 2.24) is 4.68 Å². The van der Waals surface area contributed by atoms with Crippen LogP contribution in [-0.4, -0.2) is 11.7 Å². The molecule has 0 radical (unpaired) electrons. The predicted octanol–water partition coefficient (Wildman–Crippen LogP) is 4.04. The summed E-state index contributed by atoms with van der Waals surface area (Å²) in [4.78, 5) is 0. The average molecular weight is 293 g/mol. The van der Waals surface area contributed by atoms with Crippen molar-refractivity contribution in [3.8, 4) is 0 Å². The Morgan fingerprint density at radius 3 is 2.55 bits per heavy atom. The lowest BCUT2D eigenvalue weighted by Crippen LogP contribution is -2.25. The van der Waals surface area contributed by atoms with Crippen LogP contribution in [0.1, 0.15) is 17.3 Å². The van der Waals surface area contributed by atoms with E-state index in [1.165, 1.54) is 12.1 Å². The molecule has 1 aliphatic heterocycles. The number of nitrogens with one attached hydrogen (secondary N) is 1. The number of aromatic nitrogens is 1. The van der Waals surface area contributed by atoms with Gasteiger partial charge in [-0.15, -0.1) is 0 Å². The van der Waals surface area contributed by atoms with Gasteiger partial charge in [0.2, 0.25) is 0 Å². The number of hydrogen-bond acceptors (Lipinski definition) is 2. The molecule has 4 heteroatoms. The summed E-state index contributed by atoms with van der Waals surface area (Å²) in [6.07, 6.45) is 2.04. The molecule has 110 valence electrons. The van der Waals surface area contributed by atoms with Crippen LogP contribution in [0, 0.1) is 5.82 Å². The second-order valence-electron chi connectivity index (χ2n) is 5.45. The highest BCUT2D eigenvalue weighted by atomic mass is 19.1. The van der Waals surface area contributed by atoms with Gasteiger partial charge in [-0.2, -0.15) is 0 Å². The number of fused-ring (bicyclic) bond motifs is 2. The molecule has 4 rings (SSSR count). The van der Waals surface area contributed by atoms with Crippen LogP contribution in [0.15, 0.2) is 66.9 Å². The maximum Gasteiger partial charge on any atom is 0.123 e. The smallest absolute Gasteiger partial charge is 0.123 e. The first kappa shape index (κ1) is 13.0. The highest BCUT2D eigenvalue weighted by molar-refractivity contribution is 5.72. The highest BCUT2D eigenvalue weighted by Gasteiger charge is 2.24. The van der Waals surface area contributed by atoms with Crippen molar-refractivity contribution in [2.45, 2.75) is 6.04 Å². The van der Waals surface area contributed by atoms with Crippen LogP contribution >= 0.6 is 0 Å². The van der Waals surface area contributed by atoms with Gasteiger partial charge in [0.25, 0.3) is 0 Å². The molecular formula is C18H16FN3. The van der Waals surface area contributed by atoms with Gasteiger partial charge in [0.15, 0.2) is 0 Å². The van der Waals surface area contributed by atoms with Crippen molar-refractivity contribution in [2.24, 2.45) is 0 Å². The zero-order chi connectivity index (χ0) is 15.1. The summed E-state index contributed by atoms with van der Waals surface area (Å²) in [5.41, 5.74) is 4.31. The minimum Gasteiger partial charge on any atom is -0.371 e. The maximum atomic E-state index is 13.2. The quantitative estimate of drug-likeness (QED) is 0.730. The fourth-order valence-corrected chi connectivity index (χ4v) is 3.02. The van der Waals surface area contributed by atoms with Gasteiger partial charge in [-0.25, -0.2) is 4.39 Å². The second-order valence-corrected chi connectivity index (χ2v) is 5.45. The molecule has 22 heavy (non-hydrogen) atoms. The fraction of sp³-hybridized carbons (Fsp3) is 0.111. The first-order chi connectivity index (χ1) is 10.7. The third-order valence-electron chi connectivity index (χ3n) is 4.13. The molecule has 1 aliphatic rings. The monoisotopic (exact) mass is 293 g/mol. The Hall–Kier alpha value is -2.75. The van der Waals surface area contributed by atoms with Crippen LogP contribution in [-0.2, 0) is 0 Å². The molecule has 1 atom stereocenters. The number of para-hydroxylation sites is 2. The van der Waals surface area contributed by atoms with Crippen molar-refractivity contribution in [1.29, 1.82) is 0 Å². The molecule has 0 saturated heterocycles. The Balaban J connectivity index is 1.89. The van der Waals surface area contributed by atoms with Crippen molar-refractivity contribution in [3.63, 3.8) is 0 Å². The van der Waals surface area contributed by atoms with E-state index < -0.39 is 0 Å². The largest absolute Gasteiger partial charge is 0.371 e. The zero-order valence-corrected chi connectivity index (χ0v) is 12.2. The first-order valence-corrected chi connectivity index (χ1v) is 7.26. The van der Waals surface area contributed by atoms with Crippen LogP contribution < -0.4 is 10.3 Å². The van der Waals surface area contributed by atoms with Gasteiger partial charge in [-0.3, -0.25) is 9.69 Å². The van der Waals surface area contributed by atoms with E-state index in [2.05, 4.69) is 33.2 Å². The van der Waals surface area contributed by atoms with Gasteiger partial charge in [-0.1, -0.05) is 24.3 Å². The second kappa shape index (κ2) is 4.91. The molecule has 1 N–H and O–H groups in total. The Bertz CT molecular complexity index is 807. The normalized spacial score (nSPS) is 16.5. The summed E-state index contributed by atoms with van der Waals surface area (Å²) >= 11 is 0. The van der Waals surface area contributed by atoms with Crippen molar-refractivity contribution < 1.29 is 4.39 Å². The summed E-state index contributed by atoms with van der Waals surface area (Å²) in [6.45, 7) is 0. The van der Waals surface area contributed by atoms with Crippen molar-refractivity contribution >= 4 is 11.4 Å². The molecule has 3 nitrogen and oxygen atoms in total. The SMILES string of the molecule is CN1c2ccccc2NC(c2ccc(F)cc2)c2cccn21. The Morgan fingerprint density at radius 2 is 1.73 bits per heavy atom. The Labute approximate surface area is 128 Å². The van der Waals surface area contributed by atoms with Gasteiger partial charge in [0.1, 0.15) is 5.82 Å². The molecule has 0 spiro atoms. The van der Waals surface area contributed by atoms with Gasteiger partial charge in [0.05, 0.1) is 23.1 Å². The van der Waals surface area contributed by atoms with E-state index in [-0.39, 0.29) is 11.9 Å². The minimum atomic E-state index is -0.217. The predicted molar refractivity (Wildman–Crippen MR) is 86.5 cm³/mol. The summed E-state index contributed by atoms with van der Waals surface area (Å²) in [6, 6.07) is 18.9. The molecule has 0 aliphatic carbocycles. The molecular weight excluding hydrogens is 277 g/mol. The lowest BCUT2D eigenvalue weighted by atomic mass is 10.0. The highest BCUT2D eigenvalue weighted by Crippen LogP contribution is 2.36. The van der Waals surface area contributed by atoms with E-state index in [4.69, 9.17) is 0 Å². The third-order valence-corrected chi connectivity index (χ3v) is 4.13. The molecule has 1 unspecified atom stereocenters. The first-order valence-electron chi connectivity index (χ1n) is 7.26. The van der Waals surface area contributed by atoms with Crippen molar-refractivity contribution in [2.75, 3.05) is 17.4 Å².